The molecule has 0 bridgehead atoms. The zero-order valence-corrected chi connectivity index (χ0v) is 16.7. The summed E-state index contributed by atoms with van der Waals surface area (Å²) >= 11 is 0. The average molecular weight is 412 g/mol. The zero-order chi connectivity index (χ0) is 20.9. The maximum Gasteiger partial charge on any atom is 0.239 e. The van der Waals surface area contributed by atoms with Crippen LogP contribution < -0.4 is 10.6 Å². The second-order valence-corrected chi connectivity index (χ2v) is 8.49. The van der Waals surface area contributed by atoms with Crippen LogP contribution in [0.2, 0.25) is 0 Å². The van der Waals surface area contributed by atoms with E-state index in [9.17, 15) is 17.6 Å². The van der Waals surface area contributed by atoms with Crippen molar-refractivity contribution in [2.24, 2.45) is 0 Å². The summed E-state index contributed by atoms with van der Waals surface area (Å²) in [6.07, 6.45) is 0. The molecule has 0 aliphatic carbocycles. The Morgan fingerprint density at radius 3 is 2.34 bits per heavy atom. The fourth-order valence-electron chi connectivity index (χ4n) is 2.74. The van der Waals surface area contributed by atoms with Gasteiger partial charge < -0.3 is 10.6 Å². The molecule has 1 amide bonds. The number of anilines is 1. The van der Waals surface area contributed by atoms with Crippen molar-refractivity contribution in [3.05, 3.63) is 89.7 Å². The Morgan fingerprint density at radius 1 is 0.966 bits per heavy atom. The molecule has 0 radical (unpaired) electrons. The molecule has 0 aliphatic heterocycles. The number of rotatable bonds is 7. The molecule has 0 aliphatic rings. The van der Waals surface area contributed by atoms with Crippen LogP contribution >= 0.6 is 0 Å². The number of benzene rings is 3. The maximum absolute atomic E-state index is 13.8. The molecule has 3 aromatic rings. The second-order valence-electron chi connectivity index (χ2n) is 6.57. The highest BCUT2D eigenvalue weighted by Crippen LogP contribution is 2.28. The van der Waals surface area contributed by atoms with E-state index in [0.29, 0.717) is 6.54 Å². The van der Waals surface area contributed by atoms with Gasteiger partial charge >= 0.3 is 0 Å². The van der Waals surface area contributed by atoms with E-state index in [0.717, 1.165) is 23.3 Å². The standard InChI is InChI=1S/C22H21FN2O3S/c1-16-7-10-19(11-8-16)29(27,28)21-13-18(23)9-12-20(21)24-15-22(26)25-14-17-5-3-2-4-6-17/h2-13,24H,14-15H2,1H3,(H,25,26). The van der Waals surface area contributed by atoms with Gasteiger partial charge in [-0.15, -0.1) is 0 Å². The first-order chi connectivity index (χ1) is 13.9. The molecule has 5 nitrogen and oxygen atoms in total. The van der Waals surface area contributed by atoms with Gasteiger partial charge in [0.1, 0.15) is 5.82 Å². The minimum absolute atomic E-state index is 0.0604. The third kappa shape index (κ3) is 5.20. The van der Waals surface area contributed by atoms with Gasteiger partial charge in [0, 0.05) is 6.54 Å². The Balaban J connectivity index is 1.75. The fourth-order valence-corrected chi connectivity index (χ4v) is 4.19. The molecule has 0 saturated heterocycles. The number of amides is 1. The van der Waals surface area contributed by atoms with Gasteiger partial charge in [0.2, 0.25) is 15.7 Å². The minimum atomic E-state index is -3.95. The van der Waals surface area contributed by atoms with Gasteiger partial charge in [0.25, 0.3) is 0 Å². The summed E-state index contributed by atoms with van der Waals surface area (Å²) in [5.41, 5.74) is 2.03. The summed E-state index contributed by atoms with van der Waals surface area (Å²) in [4.78, 5) is 12.0. The van der Waals surface area contributed by atoms with Crippen molar-refractivity contribution >= 4 is 21.4 Å². The van der Waals surface area contributed by atoms with E-state index in [-0.39, 0.29) is 27.9 Å². The van der Waals surface area contributed by atoms with Crippen molar-refractivity contribution in [3.63, 3.8) is 0 Å². The highest BCUT2D eigenvalue weighted by atomic mass is 32.2. The molecule has 3 aromatic carbocycles. The summed E-state index contributed by atoms with van der Waals surface area (Å²) in [5, 5.41) is 5.56. The Morgan fingerprint density at radius 2 is 1.66 bits per heavy atom. The molecule has 0 aromatic heterocycles. The molecule has 0 spiro atoms. The van der Waals surface area contributed by atoms with Crippen molar-refractivity contribution in [2.75, 3.05) is 11.9 Å². The fraction of sp³-hybridized carbons (Fsp3) is 0.136. The Bertz CT molecular complexity index is 1100. The quantitative estimate of drug-likeness (QED) is 0.621. The number of sulfone groups is 1. The molecule has 0 atom stereocenters. The largest absolute Gasteiger partial charge is 0.375 e. The summed E-state index contributed by atoms with van der Waals surface area (Å²) in [5.74, 6) is -0.980. The first-order valence-corrected chi connectivity index (χ1v) is 10.5. The number of hydrogen-bond acceptors (Lipinski definition) is 4. The molecular formula is C22H21FN2O3S. The Labute approximate surface area is 169 Å². The molecule has 0 unspecified atom stereocenters. The van der Waals surface area contributed by atoms with Crippen LogP contribution in [0.5, 0.6) is 0 Å². The smallest absolute Gasteiger partial charge is 0.239 e. The molecule has 0 saturated carbocycles. The van der Waals surface area contributed by atoms with Crippen LogP contribution in [0, 0.1) is 12.7 Å². The van der Waals surface area contributed by atoms with Crippen LogP contribution in [0.1, 0.15) is 11.1 Å². The Hall–Kier alpha value is -3.19. The normalized spacial score (nSPS) is 11.1. The lowest BCUT2D eigenvalue weighted by atomic mass is 10.2. The van der Waals surface area contributed by atoms with E-state index in [1.165, 1.54) is 18.2 Å². The van der Waals surface area contributed by atoms with Crippen molar-refractivity contribution in [1.82, 2.24) is 5.32 Å². The number of halogens is 1. The first kappa shape index (κ1) is 20.5. The van der Waals surface area contributed by atoms with Gasteiger partial charge in [-0.1, -0.05) is 48.0 Å². The van der Waals surface area contributed by atoms with Crippen molar-refractivity contribution in [2.45, 2.75) is 23.3 Å². The lowest BCUT2D eigenvalue weighted by molar-refractivity contribution is -0.119. The average Bonchev–Trinajstić information content (AvgIpc) is 2.72. The molecule has 150 valence electrons. The highest BCUT2D eigenvalue weighted by Gasteiger charge is 2.22. The van der Waals surface area contributed by atoms with Gasteiger partial charge in [0.15, 0.2) is 0 Å². The predicted molar refractivity (Wildman–Crippen MR) is 110 cm³/mol. The van der Waals surface area contributed by atoms with E-state index in [4.69, 9.17) is 0 Å². The minimum Gasteiger partial charge on any atom is -0.375 e. The number of aryl methyl sites for hydroxylation is 1. The monoisotopic (exact) mass is 412 g/mol. The third-order valence-electron chi connectivity index (χ3n) is 4.34. The SMILES string of the molecule is Cc1ccc(S(=O)(=O)c2cc(F)ccc2NCC(=O)NCc2ccccc2)cc1. The van der Waals surface area contributed by atoms with E-state index in [1.807, 2.05) is 37.3 Å². The Kier molecular flexibility index (Phi) is 6.29. The van der Waals surface area contributed by atoms with E-state index >= 15 is 0 Å². The molecule has 2 N–H and O–H groups in total. The van der Waals surface area contributed by atoms with Crippen LogP contribution in [-0.4, -0.2) is 20.9 Å². The van der Waals surface area contributed by atoms with Crippen LogP contribution in [0.15, 0.2) is 82.6 Å². The van der Waals surface area contributed by atoms with Crippen LogP contribution in [0.4, 0.5) is 10.1 Å². The lowest BCUT2D eigenvalue weighted by Crippen LogP contribution is -2.29. The van der Waals surface area contributed by atoms with Crippen LogP contribution in [0.3, 0.4) is 0 Å². The molecule has 7 heteroatoms. The van der Waals surface area contributed by atoms with E-state index in [2.05, 4.69) is 10.6 Å². The second kappa shape index (κ2) is 8.87. The van der Waals surface area contributed by atoms with Gasteiger partial charge in [-0.05, 0) is 42.8 Å². The molecule has 0 heterocycles. The number of carbonyl (C=O) groups excluding carboxylic acids is 1. The summed E-state index contributed by atoms with van der Waals surface area (Å²) < 4.78 is 39.7. The summed E-state index contributed by atoms with van der Waals surface area (Å²) in [6.45, 7) is 2.06. The van der Waals surface area contributed by atoms with Crippen molar-refractivity contribution in [3.8, 4) is 0 Å². The molecule has 3 rings (SSSR count). The summed E-state index contributed by atoms with van der Waals surface area (Å²) in [6, 6.07) is 19.2. The van der Waals surface area contributed by atoms with Crippen LogP contribution in [0.25, 0.3) is 0 Å². The van der Waals surface area contributed by atoms with Gasteiger partial charge in [-0.3, -0.25) is 4.79 Å². The van der Waals surface area contributed by atoms with Gasteiger partial charge in [-0.2, -0.15) is 0 Å². The third-order valence-corrected chi connectivity index (χ3v) is 6.15. The zero-order valence-electron chi connectivity index (χ0n) is 15.9. The van der Waals surface area contributed by atoms with Crippen LogP contribution in [-0.2, 0) is 21.2 Å². The molecule has 29 heavy (non-hydrogen) atoms. The van der Waals surface area contributed by atoms with E-state index < -0.39 is 15.7 Å². The molecule has 0 fully saturated rings. The number of nitrogens with one attached hydrogen (secondary N) is 2. The predicted octanol–water partition coefficient (Wildman–Crippen LogP) is 3.70. The highest BCUT2D eigenvalue weighted by molar-refractivity contribution is 7.91. The first-order valence-electron chi connectivity index (χ1n) is 9.02. The lowest BCUT2D eigenvalue weighted by Gasteiger charge is -2.13. The number of hydrogen-bond donors (Lipinski definition) is 2. The summed E-state index contributed by atoms with van der Waals surface area (Å²) in [7, 11) is -3.95. The van der Waals surface area contributed by atoms with E-state index in [1.54, 1.807) is 12.1 Å². The van der Waals surface area contributed by atoms with Gasteiger partial charge in [0.05, 0.1) is 22.0 Å². The maximum atomic E-state index is 13.8. The molecular weight excluding hydrogens is 391 g/mol. The topological polar surface area (TPSA) is 75.3 Å². The number of carbonyl (C=O) groups is 1. The van der Waals surface area contributed by atoms with Gasteiger partial charge in [-0.25, -0.2) is 12.8 Å². The van der Waals surface area contributed by atoms with Crippen molar-refractivity contribution < 1.29 is 17.6 Å². The van der Waals surface area contributed by atoms with Crippen molar-refractivity contribution in [1.29, 1.82) is 0 Å².